The van der Waals surface area contributed by atoms with Gasteiger partial charge in [0.05, 0.1) is 0 Å². The molecule has 1 aromatic heterocycles. The summed E-state index contributed by atoms with van der Waals surface area (Å²) in [6.45, 7) is 4.27. The van der Waals surface area contributed by atoms with Crippen LogP contribution in [0.1, 0.15) is 37.2 Å². The van der Waals surface area contributed by atoms with E-state index in [-0.39, 0.29) is 6.04 Å². The van der Waals surface area contributed by atoms with Crippen LogP contribution < -0.4 is 5.32 Å². The summed E-state index contributed by atoms with van der Waals surface area (Å²) in [5.74, 6) is 1.85. The number of aromatic nitrogens is 2. The molecule has 18 heavy (non-hydrogen) atoms. The zero-order valence-electron chi connectivity index (χ0n) is 11.1. The van der Waals surface area contributed by atoms with Gasteiger partial charge < -0.3 is 9.73 Å². The van der Waals surface area contributed by atoms with Crippen LogP contribution in [0.15, 0.2) is 34.7 Å². The van der Waals surface area contributed by atoms with Crippen molar-refractivity contribution >= 4 is 0 Å². The molecule has 4 nitrogen and oxygen atoms in total. The number of nitrogens with one attached hydrogen (secondary N) is 1. The van der Waals surface area contributed by atoms with Crippen molar-refractivity contribution in [3.63, 3.8) is 0 Å². The van der Waals surface area contributed by atoms with Gasteiger partial charge in [0.25, 0.3) is 0 Å². The summed E-state index contributed by atoms with van der Waals surface area (Å²) in [6, 6.07) is 10.1. The third-order valence-electron chi connectivity index (χ3n) is 2.73. The summed E-state index contributed by atoms with van der Waals surface area (Å²) >= 11 is 0. The van der Waals surface area contributed by atoms with Gasteiger partial charge in [0, 0.05) is 6.42 Å². The molecule has 1 unspecified atom stereocenters. The Balaban J connectivity index is 2.20. The predicted molar refractivity (Wildman–Crippen MR) is 70.2 cm³/mol. The minimum absolute atomic E-state index is 0.0420. The Morgan fingerprint density at radius 2 is 1.89 bits per heavy atom. The lowest BCUT2D eigenvalue weighted by atomic mass is 10.1. The van der Waals surface area contributed by atoms with Gasteiger partial charge in [-0.2, -0.15) is 0 Å². The first kappa shape index (κ1) is 12.8. The molecular formula is C14H19N3O. The van der Waals surface area contributed by atoms with Crippen molar-refractivity contribution in [2.45, 2.75) is 26.3 Å². The molecule has 2 rings (SSSR count). The van der Waals surface area contributed by atoms with Crippen molar-refractivity contribution in [3.05, 3.63) is 47.7 Å². The van der Waals surface area contributed by atoms with Crippen LogP contribution in [0, 0.1) is 5.92 Å². The minimum atomic E-state index is -0.0420. The second-order valence-electron chi connectivity index (χ2n) is 4.76. The smallest absolute Gasteiger partial charge is 0.237 e. The first-order valence-corrected chi connectivity index (χ1v) is 6.25. The Hall–Kier alpha value is -1.68. The molecular weight excluding hydrogens is 226 g/mol. The number of benzene rings is 1. The molecule has 0 aliphatic heterocycles. The van der Waals surface area contributed by atoms with Crippen LogP contribution in [0.25, 0.3) is 0 Å². The highest BCUT2D eigenvalue weighted by Gasteiger charge is 2.18. The molecule has 0 bridgehead atoms. The highest BCUT2D eigenvalue weighted by molar-refractivity contribution is 5.23. The SMILES string of the molecule is CNC(c1ccccc1)c1nnc(CC(C)C)o1. The maximum absolute atomic E-state index is 5.72. The van der Waals surface area contributed by atoms with Crippen molar-refractivity contribution in [1.29, 1.82) is 0 Å². The average molecular weight is 245 g/mol. The fraction of sp³-hybridized carbons (Fsp3) is 0.429. The van der Waals surface area contributed by atoms with Crippen LogP contribution in [0.3, 0.4) is 0 Å². The Morgan fingerprint density at radius 1 is 1.17 bits per heavy atom. The number of hydrogen-bond acceptors (Lipinski definition) is 4. The first-order valence-electron chi connectivity index (χ1n) is 6.25. The molecule has 0 amide bonds. The Labute approximate surface area is 107 Å². The van der Waals surface area contributed by atoms with E-state index in [1.165, 1.54) is 0 Å². The van der Waals surface area contributed by atoms with Crippen LogP contribution in [-0.4, -0.2) is 17.2 Å². The van der Waals surface area contributed by atoms with E-state index in [0.717, 1.165) is 12.0 Å². The molecule has 1 heterocycles. The lowest BCUT2D eigenvalue weighted by Gasteiger charge is -2.11. The molecule has 0 fully saturated rings. The third kappa shape index (κ3) is 2.96. The molecule has 0 aliphatic rings. The number of rotatable bonds is 5. The van der Waals surface area contributed by atoms with Crippen LogP contribution in [0.4, 0.5) is 0 Å². The largest absolute Gasteiger partial charge is 0.423 e. The average Bonchev–Trinajstić information content (AvgIpc) is 2.79. The normalized spacial score (nSPS) is 12.9. The molecule has 1 atom stereocenters. The molecule has 1 aromatic carbocycles. The molecule has 4 heteroatoms. The van der Waals surface area contributed by atoms with Gasteiger partial charge in [-0.15, -0.1) is 10.2 Å². The Kier molecular flexibility index (Phi) is 4.10. The highest BCUT2D eigenvalue weighted by Crippen LogP contribution is 2.20. The second kappa shape index (κ2) is 5.78. The van der Waals surface area contributed by atoms with Crippen LogP contribution in [0.2, 0.25) is 0 Å². The molecule has 1 N–H and O–H groups in total. The van der Waals surface area contributed by atoms with Gasteiger partial charge in [0.2, 0.25) is 11.8 Å². The summed E-state index contributed by atoms with van der Waals surface area (Å²) in [6.07, 6.45) is 0.818. The molecule has 0 aliphatic carbocycles. The van der Waals surface area contributed by atoms with Gasteiger partial charge in [0.15, 0.2) is 0 Å². The second-order valence-corrected chi connectivity index (χ2v) is 4.76. The maximum atomic E-state index is 5.72. The van der Waals surface area contributed by atoms with Crippen molar-refractivity contribution in [3.8, 4) is 0 Å². The zero-order valence-corrected chi connectivity index (χ0v) is 11.1. The van der Waals surface area contributed by atoms with E-state index < -0.39 is 0 Å². The van der Waals surface area contributed by atoms with E-state index in [4.69, 9.17) is 4.42 Å². The zero-order chi connectivity index (χ0) is 13.0. The monoisotopic (exact) mass is 245 g/mol. The topological polar surface area (TPSA) is 51.0 Å². The van der Waals surface area contributed by atoms with E-state index in [2.05, 4.69) is 29.4 Å². The quantitative estimate of drug-likeness (QED) is 0.879. The Bertz CT molecular complexity index is 479. The van der Waals surface area contributed by atoms with E-state index in [9.17, 15) is 0 Å². The molecule has 0 radical (unpaired) electrons. The summed E-state index contributed by atoms with van der Waals surface area (Å²) in [7, 11) is 1.89. The van der Waals surface area contributed by atoms with E-state index in [0.29, 0.717) is 17.7 Å². The summed E-state index contributed by atoms with van der Waals surface area (Å²) in [5, 5.41) is 11.4. The summed E-state index contributed by atoms with van der Waals surface area (Å²) in [5.41, 5.74) is 1.12. The molecule has 0 spiro atoms. The predicted octanol–water partition coefficient (Wildman–Crippen LogP) is 2.58. The lowest BCUT2D eigenvalue weighted by molar-refractivity contribution is 0.399. The fourth-order valence-electron chi connectivity index (χ4n) is 1.89. The summed E-state index contributed by atoms with van der Waals surface area (Å²) < 4.78 is 5.72. The number of hydrogen-bond donors (Lipinski definition) is 1. The van der Waals surface area contributed by atoms with Crippen LogP contribution in [-0.2, 0) is 6.42 Å². The fourth-order valence-corrected chi connectivity index (χ4v) is 1.89. The van der Waals surface area contributed by atoms with Gasteiger partial charge in [0.1, 0.15) is 6.04 Å². The van der Waals surface area contributed by atoms with E-state index >= 15 is 0 Å². The van der Waals surface area contributed by atoms with Gasteiger partial charge in [-0.1, -0.05) is 44.2 Å². The molecule has 96 valence electrons. The van der Waals surface area contributed by atoms with Crippen LogP contribution >= 0.6 is 0 Å². The molecule has 2 aromatic rings. The van der Waals surface area contributed by atoms with Crippen molar-refractivity contribution in [1.82, 2.24) is 15.5 Å². The lowest BCUT2D eigenvalue weighted by Crippen LogP contribution is -2.17. The maximum Gasteiger partial charge on any atom is 0.237 e. The standard InChI is InChI=1S/C14H19N3O/c1-10(2)9-12-16-17-14(18-12)13(15-3)11-7-5-4-6-8-11/h4-8,10,13,15H,9H2,1-3H3. The van der Waals surface area contributed by atoms with E-state index in [1.54, 1.807) is 0 Å². The van der Waals surface area contributed by atoms with Gasteiger partial charge in [-0.05, 0) is 18.5 Å². The molecule has 0 saturated heterocycles. The Morgan fingerprint density at radius 3 is 2.50 bits per heavy atom. The number of nitrogens with zero attached hydrogens (tertiary/aromatic N) is 2. The molecule has 0 saturated carbocycles. The van der Waals surface area contributed by atoms with Gasteiger partial charge >= 0.3 is 0 Å². The third-order valence-corrected chi connectivity index (χ3v) is 2.73. The van der Waals surface area contributed by atoms with Crippen molar-refractivity contribution in [2.75, 3.05) is 7.05 Å². The van der Waals surface area contributed by atoms with E-state index in [1.807, 2.05) is 37.4 Å². The summed E-state index contributed by atoms with van der Waals surface area (Å²) in [4.78, 5) is 0. The minimum Gasteiger partial charge on any atom is -0.423 e. The van der Waals surface area contributed by atoms with Gasteiger partial charge in [-0.25, -0.2) is 0 Å². The van der Waals surface area contributed by atoms with Gasteiger partial charge in [-0.3, -0.25) is 0 Å². The van der Waals surface area contributed by atoms with Crippen LogP contribution in [0.5, 0.6) is 0 Å². The highest BCUT2D eigenvalue weighted by atomic mass is 16.4. The van der Waals surface area contributed by atoms with Crippen molar-refractivity contribution in [2.24, 2.45) is 5.92 Å². The first-order chi connectivity index (χ1) is 8.70. The van der Waals surface area contributed by atoms with Crippen molar-refractivity contribution < 1.29 is 4.42 Å².